The zero-order chi connectivity index (χ0) is 17.5. The summed E-state index contributed by atoms with van der Waals surface area (Å²) in [5.74, 6) is 0.0592. The molecule has 0 spiro atoms. The smallest absolute Gasteiger partial charge is 0.224 e. The van der Waals surface area contributed by atoms with Gasteiger partial charge in [-0.1, -0.05) is 18.2 Å². The van der Waals surface area contributed by atoms with Crippen LogP contribution in [0.5, 0.6) is 0 Å². The molecular weight excluding hydrogens is 316 g/mol. The predicted molar refractivity (Wildman–Crippen MR) is 88.3 cm³/mol. The number of hydrogen-bond donors (Lipinski definition) is 4. The average Bonchev–Trinajstić information content (AvgIpc) is 2.55. The summed E-state index contributed by atoms with van der Waals surface area (Å²) in [6, 6.07) is 8.97. The molecule has 0 unspecified atom stereocenters. The number of para-hydroxylation sites is 1. The van der Waals surface area contributed by atoms with Crippen molar-refractivity contribution in [1.29, 1.82) is 0 Å². The minimum Gasteiger partial charge on any atom is -0.733 e. The highest BCUT2D eigenvalue weighted by molar-refractivity contribution is 6.03. The average molecular weight is 330 g/mol. The maximum atomic E-state index is 11.1. The van der Waals surface area contributed by atoms with Gasteiger partial charge in [-0.15, -0.1) is 0 Å². The van der Waals surface area contributed by atoms with E-state index in [0.717, 1.165) is 6.08 Å². The summed E-state index contributed by atoms with van der Waals surface area (Å²) in [4.78, 5) is 3.40. The second kappa shape index (κ2) is 7.67. The maximum Gasteiger partial charge on any atom is 0.224 e. The highest BCUT2D eigenvalue weighted by atomic mass is 16.8. The normalized spacial score (nSPS) is 15.9. The lowest BCUT2D eigenvalue weighted by Crippen LogP contribution is -2.39. The van der Waals surface area contributed by atoms with Crippen LogP contribution < -0.4 is 16.6 Å². The molecule has 0 saturated carbocycles. The summed E-state index contributed by atoms with van der Waals surface area (Å²) in [7, 11) is 0. The van der Waals surface area contributed by atoms with Crippen molar-refractivity contribution in [3.63, 3.8) is 0 Å². The van der Waals surface area contributed by atoms with Crippen molar-refractivity contribution >= 4 is 17.4 Å². The zero-order valence-electron chi connectivity index (χ0n) is 12.3. The molecule has 0 amide bonds. The van der Waals surface area contributed by atoms with Gasteiger partial charge < -0.3 is 32.0 Å². The molecule has 0 heterocycles. The Kier molecular flexibility index (Phi) is 5.39. The van der Waals surface area contributed by atoms with Crippen LogP contribution in [0.1, 0.15) is 0 Å². The van der Waals surface area contributed by atoms with Gasteiger partial charge in [0.1, 0.15) is 0 Å². The quantitative estimate of drug-likeness (QED) is 0.272. The summed E-state index contributed by atoms with van der Waals surface area (Å²) < 4.78 is 0. The fourth-order valence-electron chi connectivity index (χ4n) is 1.79. The van der Waals surface area contributed by atoms with Gasteiger partial charge in [0.25, 0.3) is 0 Å². The lowest BCUT2D eigenvalue weighted by molar-refractivity contribution is -0.377. The van der Waals surface area contributed by atoms with E-state index in [1.807, 2.05) is 6.07 Å². The van der Waals surface area contributed by atoms with Crippen LogP contribution in [0.2, 0.25) is 0 Å². The molecule has 1 aromatic carbocycles. The minimum absolute atomic E-state index is 0.0592. The van der Waals surface area contributed by atoms with Gasteiger partial charge in [0.15, 0.2) is 0 Å². The number of guanidine groups is 1. The van der Waals surface area contributed by atoms with E-state index >= 15 is 0 Å². The van der Waals surface area contributed by atoms with Crippen molar-refractivity contribution in [3.05, 3.63) is 81.7 Å². The van der Waals surface area contributed by atoms with Gasteiger partial charge in [0.05, 0.1) is 11.4 Å². The van der Waals surface area contributed by atoms with Crippen LogP contribution in [0.15, 0.2) is 71.0 Å². The van der Waals surface area contributed by atoms with Gasteiger partial charge in [0.2, 0.25) is 11.7 Å². The number of aliphatic imine (C=N–C) groups is 1. The topological polar surface area (TPSA) is 158 Å². The lowest BCUT2D eigenvalue weighted by Gasteiger charge is -2.27. The number of nitrogens with two attached hydrogens (primary N) is 1. The van der Waals surface area contributed by atoms with E-state index in [-0.39, 0.29) is 22.9 Å². The maximum absolute atomic E-state index is 11.1. The van der Waals surface area contributed by atoms with Crippen molar-refractivity contribution < 1.29 is 10.1 Å². The molecule has 0 atom stereocenters. The van der Waals surface area contributed by atoms with Crippen LogP contribution in [0.3, 0.4) is 0 Å². The number of rotatable bonds is 4. The fourth-order valence-corrected chi connectivity index (χ4v) is 1.79. The zero-order valence-corrected chi connectivity index (χ0v) is 12.3. The van der Waals surface area contributed by atoms with Crippen molar-refractivity contribution in [1.82, 2.24) is 16.1 Å². The molecule has 24 heavy (non-hydrogen) atoms. The van der Waals surface area contributed by atoms with Crippen LogP contribution in [0.25, 0.3) is 0 Å². The van der Waals surface area contributed by atoms with Gasteiger partial charge in [-0.25, -0.2) is 4.99 Å². The van der Waals surface area contributed by atoms with E-state index in [0.29, 0.717) is 5.69 Å². The molecule has 1 aromatic rings. The van der Waals surface area contributed by atoms with E-state index in [1.165, 1.54) is 18.4 Å². The number of allylic oxidation sites excluding steroid dienone is 3. The molecule has 2 rings (SSSR count). The summed E-state index contributed by atoms with van der Waals surface area (Å²) in [6.07, 6.45) is 4.74. The first-order valence-electron chi connectivity index (χ1n) is 6.66. The number of hydrogen-bond acceptors (Lipinski definition) is 7. The molecule has 10 nitrogen and oxygen atoms in total. The Balaban J connectivity index is 2.06. The summed E-state index contributed by atoms with van der Waals surface area (Å²) in [5, 5.41) is 41.1. The fraction of sp³-hybridized carbons (Fsp3) is 0. The number of hydrazine groups is 1. The standard InChI is InChI=1S/C14H14N6O4/c15-14(17-11-4-2-1-3-5-11)18-16-9-10-6-7-12(19(21)22)8-13(10)20(23)24/h1-9,16,23H,(H3-,15,17,18,21,22)/q-2/b10-9+. The van der Waals surface area contributed by atoms with E-state index in [2.05, 4.69) is 15.8 Å². The minimum atomic E-state index is -0.674. The molecule has 0 aromatic heterocycles. The second-order valence-electron chi connectivity index (χ2n) is 4.52. The van der Waals surface area contributed by atoms with Crippen LogP contribution in [-0.4, -0.2) is 27.0 Å². The van der Waals surface area contributed by atoms with Crippen molar-refractivity contribution in [3.8, 4) is 0 Å². The van der Waals surface area contributed by atoms with E-state index in [9.17, 15) is 15.6 Å². The van der Waals surface area contributed by atoms with Gasteiger partial charge >= 0.3 is 0 Å². The molecule has 0 bridgehead atoms. The molecule has 10 heteroatoms. The Labute approximate surface area is 136 Å². The number of hydroxylamine groups is 2. The van der Waals surface area contributed by atoms with Crippen molar-refractivity contribution in [2.24, 2.45) is 10.7 Å². The Hall–Kier alpha value is -3.50. The molecule has 0 saturated heterocycles. The summed E-state index contributed by atoms with van der Waals surface area (Å²) in [5.41, 5.74) is 11.1. The Morgan fingerprint density at radius 2 is 1.96 bits per heavy atom. The van der Waals surface area contributed by atoms with E-state index in [4.69, 9.17) is 10.9 Å². The molecular formula is C14H14N6O4-2. The summed E-state index contributed by atoms with van der Waals surface area (Å²) >= 11 is 0. The molecule has 0 fully saturated rings. The third-order valence-corrected chi connectivity index (χ3v) is 2.86. The highest BCUT2D eigenvalue weighted by Crippen LogP contribution is 2.18. The Morgan fingerprint density at radius 3 is 2.58 bits per heavy atom. The van der Waals surface area contributed by atoms with Gasteiger partial charge in [0, 0.05) is 23.9 Å². The van der Waals surface area contributed by atoms with Gasteiger partial charge in [-0.3, -0.25) is 10.6 Å². The monoisotopic (exact) mass is 330 g/mol. The number of benzene rings is 1. The molecule has 1 aliphatic carbocycles. The first-order valence-corrected chi connectivity index (χ1v) is 6.66. The van der Waals surface area contributed by atoms with Gasteiger partial charge in [-0.2, -0.15) is 4.90 Å². The number of nitrogens with zero attached hydrogens (tertiary/aromatic N) is 3. The molecule has 126 valence electrons. The Bertz CT molecular complexity index is 733. The lowest BCUT2D eigenvalue weighted by atomic mass is 10.1. The molecule has 0 radical (unpaired) electrons. The first-order chi connectivity index (χ1) is 11.5. The molecule has 5 N–H and O–H groups in total. The van der Waals surface area contributed by atoms with Crippen LogP contribution in [-0.2, 0) is 0 Å². The van der Waals surface area contributed by atoms with Crippen molar-refractivity contribution in [2.75, 3.05) is 0 Å². The SMILES string of the molecule is NC(=Nc1ccccc1)NN/C=C1\C=CC(=[N+]([O-])[O-])C=C1N([O-])O. The highest BCUT2D eigenvalue weighted by Gasteiger charge is 2.13. The van der Waals surface area contributed by atoms with E-state index < -0.39 is 10.1 Å². The first kappa shape index (κ1) is 16.9. The second-order valence-corrected chi connectivity index (χ2v) is 4.52. The molecule has 1 aliphatic rings. The summed E-state index contributed by atoms with van der Waals surface area (Å²) in [6.45, 7) is 0. The van der Waals surface area contributed by atoms with Crippen molar-refractivity contribution in [2.45, 2.75) is 0 Å². The molecule has 0 aliphatic heterocycles. The van der Waals surface area contributed by atoms with Gasteiger partial charge in [-0.05, 0) is 18.2 Å². The Morgan fingerprint density at radius 1 is 1.25 bits per heavy atom. The van der Waals surface area contributed by atoms with Crippen LogP contribution >= 0.6 is 0 Å². The van der Waals surface area contributed by atoms with Crippen LogP contribution in [0.4, 0.5) is 5.69 Å². The van der Waals surface area contributed by atoms with E-state index in [1.54, 1.807) is 24.3 Å². The number of nitrogens with one attached hydrogen (secondary N) is 2. The third kappa shape index (κ3) is 4.50. The van der Waals surface area contributed by atoms with Crippen LogP contribution in [0, 0.1) is 15.6 Å². The third-order valence-electron chi connectivity index (χ3n) is 2.86. The largest absolute Gasteiger partial charge is 0.733 e. The predicted octanol–water partition coefficient (Wildman–Crippen LogP) is 0.703.